The predicted molar refractivity (Wildman–Crippen MR) is 103 cm³/mol. The van der Waals surface area contributed by atoms with Gasteiger partial charge < -0.3 is 24.6 Å². The molecule has 0 spiro atoms. The number of hydrogen-bond donors (Lipinski definition) is 1. The van der Waals surface area contributed by atoms with Gasteiger partial charge in [0.05, 0.1) is 13.7 Å². The number of hydrogen-bond acceptors (Lipinski definition) is 7. The molecule has 140 valence electrons. The van der Waals surface area contributed by atoms with E-state index in [1.165, 1.54) is 0 Å². The standard InChI is InChI=1S/C19H27N5O2/c1-3-23-11-13-24(14-12-23)19-21-9-8-18(22-19)20-10-15-26-17-6-4-16(25-2)5-7-17/h4-9H,3,10-15H2,1-2H3,(H,20,21,22). The number of rotatable bonds is 8. The summed E-state index contributed by atoms with van der Waals surface area (Å²) >= 11 is 0. The molecule has 2 heterocycles. The lowest BCUT2D eigenvalue weighted by Crippen LogP contribution is -2.46. The predicted octanol–water partition coefficient (Wildman–Crippen LogP) is 2.12. The fourth-order valence-corrected chi connectivity index (χ4v) is 2.88. The molecule has 26 heavy (non-hydrogen) atoms. The quantitative estimate of drug-likeness (QED) is 0.726. The lowest BCUT2D eigenvalue weighted by Gasteiger charge is -2.34. The summed E-state index contributed by atoms with van der Waals surface area (Å²) in [5.41, 5.74) is 0. The van der Waals surface area contributed by atoms with Crippen LogP contribution in [0, 0.1) is 0 Å². The highest BCUT2D eigenvalue weighted by atomic mass is 16.5. The number of benzene rings is 1. The van der Waals surface area contributed by atoms with E-state index in [0.717, 1.165) is 56.0 Å². The summed E-state index contributed by atoms with van der Waals surface area (Å²) in [5, 5.41) is 3.30. The largest absolute Gasteiger partial charge is 0.497 e. The van der Waals surface area contributed by atoms with E-state index in [1.807, 2.05) is 30.3 Å². The number of piperazine rings is 1. The Kier molecular flexibility index (Phi) is 6.49. The van der Waals surface area contributed by atoms with E-state index in [1.54, 1.807) is 13.3 Å². The van der Waals surface area contributed by atoms with Gasteiger partial charge in [-0.2, -0.15) is 4.98 Å². The Morgan fingerprint density at radius 2 is 1.77 bits per heavy atom. The monoisotopic (exact) mass is 357 g/mol. The van der Waals surface area contributed by atoms with E-state index < -0.39 is 0 Å². The lowest BCUT2D eigenvalue weighted by molar-refractivity contribution is 0.270. The van der Waals surface area contributed by atoms with Crippen LogP contribution in [0.5, 0.6) is 11.5 Å². The minimum Gasteiger partial charge on any atom is -0.497 e. The van der Waals surface area contributed by atoms with Crippen molar-refractivity contribution in [1.29, 1.82) is 0 Å². The first-order chi connectivity index (χ1) is 12.8. The molecule has 3 rings (SSSR count). The summed E-state index contributed by atoms with van der Waals surface area (Å²) in [6, 6.07) is 9.46. The zero-order valence-electron chi connectivity index (χ0n) is 15.5. The van der Waals surface area contributed by atoms with Crippen molar-refractivity contribution >= 4 is 11.8 Å². The summed E-state index contributed by atoms with van der Waals surface area (Å²) in [4.78, 5) is 13.7. The number of ether oxygens (including phenoxy) is 2. The molecule has 0 aliphatic carbocycles. The second-order valence-electron chi connectivity index (χ2n) is 6.11. The molecular weight excluding hydrogens is 330 g/mol. The normalized spacial score (nSPS) is 14.9. The van der Waals surface area contributed by atoms with E-state index in [9.17, 15) is 0 Å². The molecule has 0 atom stereocenters. The molecule has 0 bridgehead atoms. The van der Waals surface area contributed by atoms with Crippen LogP contribution in [0.25, 0.3) is 0 Å². The molecule has 0 unspecified atom stereocenters. The Labute approximate surface area is 155 Å². The maximum atomic E-state index is 5.72. The van der Waals surface area contributed by atoms with Gasteiger partial charge in [0, 0.05) is 32.4 Å². The van der Waals surface area contributed by atoms with Gasteiger partial charge in [-0.25, -0.2) is 4.98 Å². The fraction of sp³-hybridized carbons (Fsp3) is 0.474. The summed E-state index contributed by atoms with van der Waals surface area (Å²) in [6.45, 7) is 8.60. The molecule has 1 N–H and O–H groups in total. The van der Waals surface area contributed by atoms with E-state index in [4.69, 9.17) is 9.47 Å². The van der Waals surface area contributed by atoms with Gasteiger partial charge in [-0.05, 0) is 36.9 Å². The topological polar surface area (TPSA) is 62.8 Å². The maximum Gasteiger partial charge on any atom is 0.227 e. The lowest BCUT2D eigenvalue weighted by atomic mass is 10.3. The highest BCUT2D eigenvalue weighted by Crippen LogP contribution is 2.17. The minimum absolute atomic E-state index is 0.556. The van der Waals surface area contributed by atoms with Crippen molar-refractivity contribution in [1.82, 2.24) is 14.9 Å². The third-order valence-electron chi connectivity index (χ3n) is 4.48. The van der Waals surface area contributed by atoms with Crippen molar-refractivity contribution in [2.75, 3.05) is 63.2 Å². The Hall–Kier alpha value is -2.54. The van der Waals surface area contributed by atoms with E-state index in [2.05, 4.69) is 32.0 Å². The van der Waals surface area contributed by atoms with Gasteiger partial charge in [0.2, 0.25) is 5.95 Å². The highest BCUT2D eigenvalue weighted by Gasteiger charge is 2.17. The minimum atomic E-state index is 0.556. The molecule has 0 saturated carbocycles. The van der Waals surface area contributed by atoms with Gasteiger partial charge in [0.1, 0.15) is 23.9 Å². The highest BCUT2D eigenvalue weighted by molar-refractivity contribution is 5.41. The Morgan fingerprint density at radius 3 is 2.46 bits per heavy atom. The smallest absolute Gasteiger partial charge is 0.227 e. The summed E-state index contributed by atoms with van der Waals surface area (Å²) in [5.74, 6) is 3.27. The first-order valence-electron chi connectivity index (χ1n) is 9.09. The van der Waals surface area contributed by atoms with Gasteiger partial charge >= 0.3 is 0 Å². The van der Waals surface area contributed by atoms with Crippen molar-refractivity contribution in [2.24, 2.45) is 0 Å². The number of nitrogens with one attached hydrogen (secondary N) is 1. The van der Waals surface area contributed by atoms with Gasteiger partial charge in [0.25, 0.3) is 0 Å². The van der Waals surface area contributed by atoms with Crippen LogP contribution in [-0.4, -0.2) is 67.9 Å². The summed E-state index contributed by atoms with van der Waals surface area (Å²) in [6.07, 6.45) is 1.81. The fourth-order valence-electron chi connectivity index (χ4n) is 2.88. The molecule has 7 heteroatoms. The molecular formula is C19H27N5O2. The molecule has 0 amide bonds. The number of aromatic nitrogens is 2. The van der Waals surface area contributed by atoms with Crippen LogP contribution in [0.2, 0.25) is 0 Å². The van der Waals surface area contributed by atoms with Crippen LogP contribution in [0.1, 0.15) is 6.92 Å². The Morgan fingerprint density at radius 1 is 1.04 bits per heavy atom. The van der Waals surface area contributed by atoms with Crippen LogP contribution in [0.3, 0.4) is 0 Å². The molecule has 1 aromatic carbocycles. The molecule has 1 aliphatic heterocycles. The van der Waals surface area contributed by atoms with Crippen molar-refractivity contribution in [2.45, 2.75) is 6.92 Å². The molecule has 1 aromatic heterocycles. The molecule has 2 aromatic rings. The summed E-state index contributed by atoms with van der Waals surface area (Å²) in [7, 11) is 1.65. The molecule has 0 radical (unpaired) electrons. The van der Waals surface area contributed by atoms with Gasteiger partial charge in [-0.1, -0.05) is 6.92 Å². The molecule has 1 fully saturated rings. The molecule has 1 aliphatic rings. The van der Waals surface area contributed by atoms with Gasteiger partial charge in [-0.15, -0.1) is 0 Å². The first kappa shape index (κ1) is 18.3. The second kappa shape index (κ2) is 9.24. The number of nitrogens with zero attached hydrogens (tertiary/aromatic N) is 4. The number of likely N-dealkylation sites (N-methyl/N-ethyl adjacent to an activating group) is 1. The van der Waals surface area contributed by atoms with Crippen LogP contribution >= 0.6 is 0 Å². The van der Waals surface area contributed by atoms with Gasteiger partial charge in [-0.3, -0.25) is 0 Å². The zero-order valence-corrected chi connectivity index (χ0v) is 15.5. The van der Waals surface area contributed by atoms with E-state index in [-0.39, 0.29) is 0 Å². The first-order valence-corrected chi connectivity index (χ1v) is 9.09. The summed E-state index contributed by atoms with van der Waals surface area (Å²) < 4.78 is 10.9. The van der Waals surface area contributed by atoms with Crippen LogP contribution in [0.15, 0.2) is 36.5 Å². The van der Waals surface area contributed by atoms with E-state index >= 15 is 0 Å². The van der Waals surface area contributed by atoms with Crippen LogP contribution in [0.4, 0.5) is 11.8 Å². The molecule has 7 nitrogen and oxygen atoms in total. The van der Waals surface area contributed by atoms with Crippen molar-refractivity contribution in [3.63, 3.8) is 0 Å². The number of anilines is 2. The number of methoxy groups -OCH3 is 1. The van der Waals surface area contributed by atoms with Crippen LogP contribution < -0.4 is 19.7 Å². The average molecular weight is 357 g/mol. The Bertz CT molecular complexity index is 672. The second-order valence-corrected chi connectivity index (χ2v) is 6.11. The van der Waals surface area contributed by atoms with Gasteiger partial charge in [0.15, 0.2) is 0 Å². The average Bonchev–Trinajstić information content (AvgIpc) is 2.72. The van der Waals surface area contributed by atoms with Crippen molar-refractivity contribution in [3.8, 4) is 11.5 Å². The maximum absolute atomic E-state index is 5.72. The van der Waals surface area contributed by atoms with E-state index in [0.29, 0.717) is 13.2 Å². The van der Waals surface area contributed by atoms with Crippen molar-refractivity contribution < 1.29 is 9.47 Å². The van der Waals surface area contributed by atoms with Crippen LogP contribution in [-0.2, 0) is 0 Å². The Balaban J connectivity index is 1.45. The SMILES string of the molecule is CCN1CCN(c2nccc(NCCOc3ccc(OC)cc3)n2)CC1. The zero-order chi connectivity index (χ0) is 18.2. The molecule has 1 saturated heterocycles. The van der Waals surface area contributed by atoms with Crippen molar-refractivity contribution in [3.05, 3.63) is 36.5 Å². The third kappa shape index (κ3) is 4.98. The third-order valence-corrected chi connectivity index (χ3v) is 4.48.